The second kappa shape index (κ2) is 11.1. The SMILES string of the molecule is CC(F)(F)c1cccc(CCCC(=O)N2CCN(CC(=O)N3CCN(C4CCC4)CC3)CC2)c1. The number of carbonyl (C=O) groups is 2. The number of nitrogens with zero attached hydrogens (tertiary/aromatic N) is 4. The number of benzene rings is 1. The fourth-order valence-electron chi connectivity index (χ4n) is 5.14. The summed E-state index contributed by atoms with van der Waals surface area (Å²) in [5.74, 6) is -2.54. The van der Waals surface area contributed by atoms with Crippen LogP contribution in [0.1, 0.15) is 50.2 Å². The molecule has 0 aromatic heterocycles. The van der Waals surface area contributed by atoms with E-state index in [0.29, 0.717) is 52.0 Å². The third-order valence-electron chi connectivity index (χ3n) is 7.63. The average molecular weight is 477 g/mol. The Morgan fingerprint density at radius 1 is 0.941 bits per heavy atom. The molecule has 0 radical (unpaired) electrons. The van der Waals surface area contributed by atoms with E-state index in [0.717, 1.165) is 44.7 Å². The van der Waals surface area contributed by atoms with Crippen molar-refractivity contribution in [2.75, 3.05) is 58.9 Å². The number of rotatable bonds is 8. The number of aryl methyl sites for hydroxylation is 1. The monoisotopic (exact) mass is 476 g/mol. The Bertz CT molecular complexity index is 839. The standard InChI is InChI=1S/C26H38F2N4O2/c1-26(27,28)22-7-2-5-21(19-22)6-3-10-24(33)31-13-11-29(12-14-31)20-25(34)32-17-15-30(16-18-32)23-8-4-9-23/h2,5,7,19,23H,3-4,6,8-18,20H2,1H3. The summed E-state index contributed by atoms with van der Waals surface area (Å²) in [5, 5.41) is 0. The third kappa shape index (κ3) is 6.54. The Balaban J connectivity index is 1.13. The molecule has 0 unspecified atom stereocenters. The first-order valence-corrected chi connectivity index (χ1v) is 12.8. The molecule has 8 heteroatoms. The zero-order valence-corrected chi connectivity index (χ0v) is 20.4. The van der Waals surface area contributed by atoms with Crippen LogP contribution in [-0.2, 0) is 21.9 Å². The minimum absolute atomic E-state index is 0.0160. The van der Waals surface area contributed by atoms with E-state index < -0.39 is 5.92 Å². The van der Waals surface area contributed by atoms with Gasteiger partial charge in [-0.15, -0.1) is 0 Å². The molecule has 3 fully saturated rings. The number of piperazine rings is 2. The van der Waals surface area contributed by atoms with Gasteiger partial charge >= 0.3 is 0 Å². The van der Waals surface area contributed by atoms with Gasteiger partial charge in [0.2, 0.25) is 11.8 Å². The smallest absolute Gasteiger partial charge is 0.270 e. The highest BCUT2D eigenvalue weighted by Gasteiger charge is 2.30. The predicted octanol–water partition coefficient (Wildman–Crippen LogP) is 2.96. The summed E-state index contributed by atoms with van der Waals surface area (Å²) in [6.45, 7) is 7.67. The second-order valence-corrected chi connectivity index (χ2v) is 10.1. The Kier molecular flexibility index (Phi) is 8.19. The van der Waals surface area contributed by atoms with Crippen LogP contribution in [0.2, 0.25) is 0 Å². The molecule has 188 valence electrons. The van der Waals surface area contributed by atoms with Crippen molar-refractivity contribution in [3.05, 3.63) is 35.4 Å². The number of hydrogen-bond donors (Lipinski definition) is 0. The molecule has 3 aliphatic rings. The predicted molar refractivity (Wildman–Crippen MR) is 128 cm³/mol. The molecule has 1 aromatic carbocycles. The lowest BCUT2D eigenvalue weighted by molar-refractivity contribution is -0.136. The van der Waals surface area contributed by atoms with E-state index in [4.69, 9.17) is 0 Å². The summed E-state index contributed by atoms with van der Waals surface area (Å²) in [7, 11) is 0. The second-order valence-electron chi connectivity index (χ2n) is 10.1. The minimum atomic E-state index is -2.85. The van der Waals surface area contributed by atoms with Crippen molar-refractivity contribution in [3.63, 3.8) is 0 Å². The van der Waals surface area contributed by atoms with Crippen molar-refractivity contribution in [2.45, 2.75) is 57.4 Å². The van der Waals surface area contributed by atoms with Gasteiger partial charge in [0.15, 0.2) is 0 Å². The van der Waals surface area contributed by atoms with Gasteiger partial charge in [-0.1, -0.05) is 24.6 Å². The van der Waals surface area contributed by atoms with Crippen LogP contribution in [-0.4, -0.2) is 96.4 Å². The van der Waals surface area contributed by atoms with Crippen molar-refractivity contribution in [1.82, 2.24) is 19.6 Å². The maximum absolute atomic E-state index is 13.5. The minimum Gasteiger partial charge on any atom is -0.340 e. The van der Waals surface area contributed by atoms with E-state index >= 15 is 0 Å². The molecule has 2 heterocycles. The Morgan fingerprint density at radius 2 is 1.59 bits per heavy atom. The van der Waals surface area contributed by atoms with Crippen molar-refractivity contribution in [2.24, 2.45) is 0 Å². The first-order valence-electron chi connectivity index (χ1n) is 12.8. The van der Waals surface area contributed by atoms with Gasteiger partial charge in [-0.3, -0.25) is 19.4 Å². The van der Waals surface area contributed by atoms with Gasteiger partial charge in [-0.05, 0) is 37.3 Å². The summed E-state index contributed by atoms with van der Waals surface area (Å²) in [5.41, 5.74) is 0.853. The highest BCUT2D eigenvalue weighted by Crippen LogP contribution is 2.28. The quantitative estimate of drug-likeness (QED) is 0.579. The van der Waals surface area contributed by atoms with Crippen molar-refractivity contribution < 1.29 is 18.4 Å². The number of alkyl halides is 2. The summed E-state index contributed by atoms with van der Waals surface area (Å²) >= 11 is 0. The van der Waals surface area contributed by atoms with Crippen LogP contribution in [0.25, 0.3) is 0 Å². The van der Waals surface area contributed by atoms with E-state index in [1.807, 2.05) is 15.9 Å². The van der Waals surface area contributed by atoms with Crippen LogP contribution in [0.4, 0.5) is 8.78 Å². The Labute approximate surface area is 201 Å². The highest BCUT2D eigenvalue weighted by atomic mass is 19.3. The molecule has 6 nitrogen and oxygen atoms in total. The summed E-state index contributed by atoms with van der Waals surface area (Å²) < 4.78 is 27.0. The number of amides is 2. The molecule has 2 amide bonds. The molecule has 4 rings (SSSR count). The lowest BCUT2D eigenvalue weighted by Crippen LogP contribution is -2.56. The van der Waals surface area contributed by atoms with Gasteiger partial charge in [0.05, 0.1) is 6.54 Å². The molecule has 2 saturated heterocycles. The van der Waals surface area contributed by atoms with Gasteiger partial charge in [-0.2, -0.15) is 0 Å². The molecular weight excluding hydrogens is 438 g/mol. The van der Waals surface area contributed by atoms with E-state index in [1.165, 1.54) is 31.4 Å². The lowest BCUT2D eigenvalue weighted by atomic mass is 9.91. The van der Waals surface area contributed by atoms with E-state index in [-0.39, 0.29) is 17.4 Å². The van der Waals surface area contributed by atoms with Crippen molar-refractivity contribution >= 4 is 11.8 Å². The van der Waals surface area contributed by atoms with Gasteiger partial charge in [0.1, 0.15) is 0 Å². The maximum Gasteiger partial charge on any atom is 0.270 e. The molecule has 0 spiro atoms. The largest absolute Gasteiger partial charge is 0.340 e. The number of halogens is 2. The van der Waals surface area contributed by atoms with Crippen LogP contribution in [0.5, 0.6) is 0 Å². The fourth-order valence-corrected chi connectivity index (χ4v) is 5.14. The van der Waals surface area contributed by atoms with Crippen LogP contribution in [0.15, 0.2) is 24.3 Å². The fraction of sp³-hybridized carbons (Fsp3) is 0.692. The van der Waals surface area contributed by atoms with Gasteiger partial charge in [-0.25, -0.2) is 8.78 Å². The van der Waals surface area contributed by atoms with E-state index in [9.17, 15) is 18.4 Å². The molecule has 0 N–H and O–H groups in total. The number of carbonyl (C=O) groups excluding carboxylic acids is 2. The molecule has 1 aliphatic carbocycles. The zero-order valence-electron chi connectivity index (χ0n) is 20.4. The number of hydrogen-bond acceptors (Lipinski definition) is 4. The van der Waals surface area contributed by atoms with Crippen LogP contribution in [0.3, 0.4) is 0 Å². The maximum atomic E-state index is 13.5. The van der Waals surface area contributed by atoms with Crippen LogP contribution < -0.4 is 0 Å². The average Bonchev–Trinajstić information content (AvgIpc) is 2.78. The normalized spacial score (nSPS) is 20.9. The highest BCUT2D eigenvalue weighted by molar-refractivity contribution is 5.78. The molecule has 34 heavy (non-hydrogen) atoms. The summed E-state index contributed by atoms with van der Waals surface area (Å²) in [6.07, 6.45) is 5.62. The topological polar surface area (TPSA) is 47.1 Å². The Morgan fingerprint density at radius 3 is 2.21 bits per heavy atom. The van der Waals surface area contributed by atoms with Gasteiger partial charge in [0.25, 0.3) is 5.92 Å². The van der Waals surface area contributed by atoms with Crippen molar-refractivity contribution in [1.29, 1.82) is 0 Å². The van der Waals surface area contributed by atoms with E-state index in [1.54, 1.807) is 6.07 Å². The van der Waals surface area contributed by atoms with Crippen LogP contribution >= 0.6 is 0 Å². The summed E-state index contributed by atoms with van der Waals surface area (Å²) in [6, 6.07) is 7.21. The first-order chi connectivity index (χ1) is 16.3. The molecule has 1 saturated carbocycles. The third-order valence-corrected chi connectivity index (χ3v) is 7.63. The molecular formula is C26H38F2N4O2. The van der Waals surface area contributed by atoms with E-state index in [2.05, 4.69) is 9.80 Å². The molecule has 1 aromatic rings. The van der Waals surface area contributed by atoms with Crippen LogP contribution in [0, 0.1) is 0 Å². The van der Waals surface area contributed by atoms with Gasteiger partial charge < -0.3 is 9.80 Å². The molecule has 0 atom stereocenters. The summed E-state index contributed by atoms with van der Waals surface area (Å²) in [4.78, 5) is 33.9. The molecule has 0 bridgehead atoms. The lowest BCUT2D eigenvalue weighted by Gasteiger charge is -2.43. The van der Waals surface area contributed by atoms with Crippen molar-refractivity contribution in [3.8, 4) is 0 Å². The first kappa shape index (κ1) is 25.0. The van der Waals surface area contributed by atoms with Gasteiger partial charge in [0, 0.05) is 77.3 Å². The zero-order chi connectivity index (χ0) is 24.1. The molecule has 2 aliphatic heterocycles. The Hall–Kier alpha value is -2.06.